The van der Waals surface area contributed by atoms with E-state index >= 15 is 0 Å². The van der Waals surface area contributed by atoms with E-state index in [-0.39, 0.29) is 26.3 Å². The molecule has 1 aliphatic rings. The van der Waals surface area contributed by atoms with Crippen LogP contribution in [0.2, 0.25) is 0 Å². The van der Waals surface area contributed by atoms with Gasteiger partial charge in [0.1, 0.15) is 26.3 Å². The van der Waals surface area contributed by atoms with E-state index in [1.165, 1.54) is 0 Å². The Morgan fingerprint density at radius 1 is 1.00 bits per heavy atom. The summed E-state index contributed by atoms with van der Waals surface area (Å²) in [6, 6.07) is 5.27. The third-order valence-electron chi connectivity index (χ3n) is 3.14. The van der Waals surface area contributed by atoms with Gasteiger partial charge in [-0.1, -0.05) is 0 Å². The lowest BCUT2D eigenvalue weighted by Crippen LogP contribution is -2.36. The molecule has 0 atom stereocenters. The van der Waals surface area contributed by atoms with Crippen LogP contribution in [0.15, 0.2) is 18.2 Å². The van der Waals surface area contributed by atoms with Crippen molar-refractivity contribution in [2.24, 2.45) is 0 Å². The predicted octanol–water partition coefficient (Wildman–Crippen LogP) is 1.39. The Labute approximate surface area is 135 Å². The predicted molar refractivity (Wildman–Crippen MR) is 82.9 cm³/mol. The van der Waals surface area contributed by atoms with Crippen molar-refractivity contribution in [2.75, 3.05) is 44.4 Å². The molecule has 0 fully saturated rings. The molecule has 126 valence electrons. The molecule has 1 heterocycles. The molecule has 2 rings (SSSR count). The van der Waals surface area contributed by atoms with Crippen LogP contribution < -0.4 is 14.4 Å². The van der Waals surface area contributed by atoms with Gasteiger partial charge in [-0.25, -0.2) is 0 Å². The zero-order valence-corrected chi connectivity index (χ0v) is 13.4. The van der Waals surface area contributed by atoms with Crippen molar-refractivity contribution in [3.63, 3.8) is 0 Å². The van der Waals surface area contributed by atoms with Crippen LogP contribution in [0.1, 0.15) is 13.8 Å². The molecule has 0 radical (unpaired) electrons. The largest absolute Gasteiger partial charge is 0.486 e. The highest BCUT2D eigenvalue weighted by Gasteiger charge is 2.20. The molecule has 7 nitrogen and oxygen atoms in total. The van der Waals surface area contributed by atoms with E-state index in [1.54, 1.807) is 36.9 Å². The van der Waals surface area contributed by atoms with Gasteiger partial charge in [-0.05, 0) is 26.0 Å². The van der Waals surface area contributed by atoms with Crippen molar-refractivity contribution in [1.29, 1.82) is 0 Å². The fourth-order valence-electron chi connectivity index (χ4n) is 2.19. The van der Waals surface area contributed by atoms with Gasteiger partial charge in [0.2, 0.25) is 0 Å². The molecule has 0 N–H and O–H groups in total. The number of esters is 2. The van der Waals surface area contributed by atoms with Crippen molar-refractivity contribution in [2.45, 2.75) is 13.8 Å². The van der Waals surface area contributed by atoms with E-state index in [0.29, 0.717) is 30.4 Å². The molecule has 0 unspecified atom stereocenters. The highest BCUT2D eigenvalue weighted by atomic mass is 16.6. The molecule has 1 aromatic rings. The molecule has 0 spiro atoms. The topological polar surface area (TPSA) is 74.3 Å². The minimum atomic E-state index is -0.410. The van der Waals surface area contributed by atoms with Crippen LogP contribution in [0.5, 0.6) is 11.5 Å². The number of hydrogen-bond acceptors (Lipinski definition) is 7. The molecule has 0 aliphatic carbocycles. The number of anilines is 1. The zero-order chi connectivity index (χ0) is 16.7. The molecule has 0 aromatic heterocycles. The first kappa shape index (κ1) is 16.9. The molecular formula is C16H21NO6. The maximum atomic E-state index is 11.8. The van der Waals surface area contributed by atoms with Gasteiger partial charge in [-0.3, -0.25) is 9.59 Å². The van der Waals surface area contributed by atoms with Crippen molar-refractivity contribution in [3.8, 4) is 11.5 Å². The molecule has 0 saturated carbocycles. The Balaban J connectivity index is 2.17. The van der Waals surface area contributed by atoms with Gasteiger partial charge >= 0.3 is 11.9 Å². The first-order valence-electron chi connectivity index (χ1n) is 7.59. The maximum Gasteiger partial charge on any atom is 0.325 e. The van der Waals surface area contributed by atoms with E-state index in [9.17, 15) is 9.59 Å². The number of nitrogens with zero attached hydrogens (tertiary/aromatic N) is 1. The monoisotopic (exact) mass is 323 g/mol. The third-order valence-corrected chi connectivity index (χ3v) is 3.14. The molecule has 23 heavy (non-hydrogen) atoms. The lowest BCUT2D eigenvalue weighted by atomic mass is 10.2. The Morgan fingerprint density at radius 2 is 1.57 bits per heavy atom. The first-order valence-corrected chi connectivity index (χ1v) is 7.59. The fraction of sp³-hybridized carbons (Fsp3) is 0.500. The summed E-state index contributed by atoms with van der Waals surface area (Å²) in [7, 11) is 0. The smallest absolute Gasteiger partial charge is 0.325 e. The standard InChI is InChI=1S/C16H21NO6/c1-3-20-15(18)10-17(11-16(19)21-4-2)12-5-6-13-14(9-12)23-8-7-22-13/h5-6,9H,3-4,7-8,10-11H2,1-2H3. The number of benzene rings is 1. The first-order chi connectivity index (χ1) is 11.1. The second-order valence-electron chi connectivity index (χ2n) is 4.79. The second kappa shape index (κ2) is 8.26. The average Bonchev–Trinajstić information content (AvgIpc) is 2.54. The highest BCUT2D eigenvalue weighted by Crippen LogP contribution is 2.33. The molecule has 1 aliphatic heterocycles. The second-order valence-corrected chi connectivity index (χ2v) is 4.79. The number of rotatable bonds is 7. The fourth-order valence-corrected chi connectivity index (χ4v) is 2.19. The van der Waals surface area contributed by atoms with Crippen LogP contribution in [0.3, 0.4) is 0 Å². The van der Waals surface area contributed by atoms with Crippen LogP contribution in [0.4, 0.5) is 5.69 Å². The normalized spacial score (nSPS) is 12.4. The van der Waals surface area contributed by atoms with E-state index in [1.807, 2.05) is 0 Å². The van der Waals surface area contributed by atoms with Crippen molar-refractivity contribution >= 4 is 17.6 Å². The van der Waals surface area contributed by atoms with E-state index in [4.69, 9.17) is 18.9 Å². The minimum Gasteiger partial charge on any atom is -0.486 e. The Hall–Kier alpha value is -2.44. The Morgan fingerprint density at radius 3 is 2.13 bits per heavy atom. The molecular weight excluding hydrogens is 302 g/mol. The number of carbonyl (C=O) groups excluding carboxylic acids is 2. The Kier molecular flexibility index (Phi) is 6.08. The molecule has 7 heteroatoms. The van der Waals surface area contributed by atoms with Gasteiger partial charge in [0.25, 0.3) is 0 Å². The lowest BCUT2D eigenvalue weighted by Gasteiger charge is -2.25. The van der Waals surface area contributed by atoms with Crippen molar-refractivity contribution in [1.82, 2.24) is 0 Å². The van der Waals surface area contributed by atoms with E-state index < -0.39 is 11.9 Å². The quantitative estimate of drug-likeness (QED) is 0.702. The summed E-state index contributed by atoms with van der Waals surface area (Å²) >= 11 is 0. The lowest BCUT2D eigenvalue weighted by molar-refractivity contribution is -0.142. The zero-order valence-electron chi connectivity index (χ0n) is 13.4. The molecule has 1 aromatic carbocycles. The van der Waals surface area contributed by atoms with Crippen LogP contribution in [-0.4, -0.2) is 51.5 Å². The maximum absolute atomic E-state index is 11.8. The highest BCUT2D eigenvalue weighted by molar-refractivity contribution is 5.81. The van der Waals surface area contributed by atoms with Crippen molar-refractivity contribution in [3.05, 3.63) is 18.2 Å². The van der Waals surface area contributed by atoms with Gasteiger partial charge < -0.3 is 23.8 Å². The number of hydrogen-bond donors (Lipinski definition) is 0. The van der Waals surface area contributed by atoms with E-state index in [0.717, 1.165) is 0 Å². The van der Waals surface area contributed by atoms with Crippen molar-refractivity contribution < 1.29 is 28.5 Å². The van der Waals surface area contributed by atoms with Gasteiger partial charge in [0, 0.05) is 11.8 Å². The number of fused-ring (bicyclic) bond motifs is 1. The summed E-state index contributed by atoms with van der Waals surface area (Å²) in [6.45, 7) is 4.91. The Bertz CT molecular complexity index is 540. The van der Waals surface area contributed by atoms with Gasteiger partial charge in [0.05, 0.1) is 13.2 Å². The molecule has 0 bridgehead atoms. The van der Waals surface area contributed by atoms with E-state index in [2.05, 4.69) is 0 Å². The minimum absolute atomic E-state index is 0.0493. The molecule has 0 saturated heterocycles. The summed E-state index contributed by atoms with van der Waals surface area (Å²) in [6.07, 6.45) is 0. The third kappa shape index (κ3) is 4.77. The number of ether oxygens (including phenoxy) is 4. The summed E-state index contributed by atoms with van der Waals surface area (Å²) in [4.78, 5) is 25.2. The van der Waals surface area contributed by atoms with Crippen LogP contribution in [0.25, 0.3) is 0 Å². The molecule has 0 amide bonds. The summed E-state index contributed by atoms with van der Waals surface area (Å²) in [5, 5.41) is 0. The van der Waals surface area contributed by atoms with Gasteiger partial charge in [0.15, 0.2) is 11.5 Å². The van der Waals surface area contributed by atoms with Gasteiger partial charge in [-0.15, -0.1) is 0 Å². The van der Waals surface area contributed by atoms with Crippen LogP contribution in [-0.2, 0) is 19.1 Å². The van der Waals surface area contributed by atoms with Crippen LogP contribution in [0, 0.1) is 0 Å². The summed E-state index contributed by atoms with van der Waals surface area (Å²) in [5.41, 5.74) is 0.662. The SMILES string of the molecule is CCOC(=O)CN(CC(=O)OCC)c1ccc2c(c1)OCCO2. The van der Waals surface area contributed by atoms with Crippen LogP contribution >= 0.6 is 0 Å². The average molecular weight is 323 g/mol. The summed E-state index contributed by atoms with van der Waals surface area (Å²) in [5.74, 6) is 0.414. The number of carbonyl (C=O) groups is 2. The summed E-state index contributed by atoms with van der Waals surface area (Å²) < 4.78 is 20.9. The van der Waals surface area contributed by atoms with Gasteiger partial charge in [-0.2, -0.15) is 0 Å².